The highest BCUT2D eigenvalue weighted by atomic mass is 32.1. The first kappa shape index (κ1) is 10.7. The van der Waals surface area contributed by atoms with Crippen LogP contribution in [0.25, 0.3) is 0 Å². The van der Waals surface area contributed by atoms with Crippen LogP contribution in [0, 0.1) is 0 Å². The smallest absolute Gasteiger partial charge is 0.135 e. The minimum atomic E-state index is 0.102. The third-order valence-electron chi connectivity index (χ3n) is 2.14. The van der Waals surface area contributed by atoms with Gasteiger partial charge in [-0.3, -0.25) is 0 Å². The number of rotatable bonds is 4. The van der Waals surface area contributed by atoms with Crippen LogP contribution in [0.15, 0.2) is 29.0 Å². The van der Waals surface area contributed by atoms with Gasteiger partial charge in [0.05, 0.1) is 4.88 Å². The average molecular weight is 239 g/mol. The lowest BCUT2D eigenvalue weighted by molar-refractivity contribution is 0.230. The van der Waals surface area contributed by atoms with Crippen LogP contribution in [0.2, 0.25) is 0 Å². The molecule has 0 spiro atoms. The number of hydrogen-bond acceptors (Lipinski definition) is 4. The first-order valence-corrected chi connectivity index (χ1v) is 6.53. The summed E-state index contributed by atoms with van der Waals surface area (Å²) in [5.74, 6) is 0.920. The molecule has 0 fully saturated rings. The Bertz CT molecular complexity index is 408. The van der Waals surface area contributed by atoms with Gasteiger partial charge in [0.15, 0.2) is 0 Å². The zero-order valence-corrected chi connectivity index (χ0v) is 10.1. The van der Waals surface area contributed by atoms with Gasteiger partial charge in [0, 0.05) is 11.4 Å². The van der Waals surface area contributed by atoms with Crippen molar-refractivity contribution >= 4 is 22.7 Å². The lowest BCUT2D eigenvalue weighted by atomic mass is 10.3. The largest absolute Gasteiger partial charge is 0.484 e. The van der Waals surface area contributed by atoms with Gasteiger partial charge < -0.3 is 10.5 Å². The van der Waals surface area contributed by atoms with Gasteiger partial charge in [-0.25, -0.2) is 0 Å². The van der Waals surface area contributed by atoms with Crippen molar-refractivity contribution in [1.82, 2.24) is 0 Å². The Hall–Kier alpha value is -0.840. The number of hydrogen-bond donors (Lipinski definition) is 1. The van der Waals surface area contributed by atoms with Gasteiger partial charge in [-0.15, -0.1) is 22.7 Å². The molecule has 0 aliphatic carbocycles. The molecule has 1 unspecified atom stereocenters. The molecule has 0 saturated heterocycles. The summed E-state index contributed by atoms with van der Waals surface area (Å²) in [4.78, 5) is 2.35. The molecule has 2 rings (SSSR count). The zero-order chi connectivity index (χ0) is 10.7. The van der Waals surface area contributed by atoms with Crippen molar-refractivity contribution in [2.45, 2.75) is 19.6 Å². The van der Waals surface area contributed by atoms with Gasteiger partial charge in [-0.2, -0.15) is 0 Å². The molecule has 80 valence electrons. The summed E-state index contributed by atoms with van der Waals surface area (Å²) in [6.45, 7) is 2.61. The van der Waals surface area contributed by atoms with Crippen LogP contribution in [0.1, 0.15) is 22.8 Å². The van der Waals surface area contributed by atoms with Crippen molar-refractivity contribution < 1.29 is 4.74 Å². The van der Waals surface area contributed by atoms with E-state index in [0.29, 0.717) is 6.54 Å². The molecule has 2 aromatic heterocycles. The zero-order valence-electron chi connectivity index (χ0n) is 8.47. The van der Waals surface area contributed by atoms with Gasteiger partial charge >= 0.3 is 0 Å². The van der Waals surface area contributed by atoms with Crippen LogP contribution in [-0.4, -0.2) is 0 Å². The van der Waals surface area contributed by atoms with Crippen molar-refractivity contribution in [2.24, 2.45) is 5.73 Å². The summed E-state index contributed by atoms with van der Waals surface area (Å²) in [5.41, 5.74) is 5.62. The molecule has 0 aliphatic heterocycles. The monoisotopic (exact) mass is 239 g/mol. The highest BCUT2D eigenvalue weighted by Gasteiger charge is 2.11. The second-order valence-electron chi connectivity index (χ2n) is 3.19. The fourth-order valence-corrected chi connectivity index (χ4v) is 2.75. The number of thiophene rings is 2. The van der Waals surface area contributed by atoms with Crippen molar-refractivity contribution in [3.8, 4) is 5.75 Å². The molecule has 0 aromatic carbocycles. The average Bonchev–Trinajstić information content (AvgIpc) is 2.87. The third kappa shape index (κ3) is 2.40. The molecule has 1 atom stereocenters. The predicted octanol–water partition coefficient (Wildman–Crippen LogP) is 3.41. The molecule has 2 nitrogen and oxygen atoms in total. The molecule has 0 aliphatic rings. The first-order chi connectivity index (χ1) is 7.31. The molecule has 4 heteroatoms. The molecule has 0 radical (unpaired) electrons. The van der Waals surface area contributed by atoms with E-state index in [1.807, 2.05) is 17.5 Å². The van der Waals surface area contributed by atoms with E-state index in [4.69, 9.17) is 10.5 Å². The maximum absolute atomic E-state index is 5.86. The maximum Gasteiger partial charge on any atom is 0.135 e. The van der Waals surface area contributed by atoms with Crippen LogP contribution in [-0.2, 0) is 6.54 Å². The van der Waals surface area contributed by atoms with Crippen LogP contribution in [0.4, 0.5) is 0 Å². The standard InChI is InChI=1S/C11H13NOS2/c1-8(10-3-2-5-14-10)13-9-4-6-15-11(9)7-12/h2-6,8H,7,12H2,1H3. The van der Waals surface area contributed by atoms with Crippen LogP contribution in [0.3, 0.4) is 0 Å². The highest BCUT2D eigenvalue weighted by molar-refractivity contribution is 7.10. The van der Waals surface area contributed by atoms with E-state index >= 15 is 0 Å². The Balaban J connectivity index is 2.09. The lowest BCUT2D eigenvalue weighted by Gasteiger charge is -2.12. The Kier molecular flexibility index (Phi) is 3.41. The van der Waals surface area contributed by atoms with Crippen LogP contribution < -0.4 is 10.5 Å². The summed E-state index contributed by atoms with van der Waals surface area (Å²) in [6.07, 6.45) is 0.102. The van der Waals surface area contributed by atoms with Crippen molar-refractivity contribution in [3.63, 3.8) is 0 Å². The molecule has 2 N–H and O–H groups in total. The summed E-state index contributed by atoms with van der Waals surface area (Å²) >= 11 is 3.36. The molecule has 0 saturated carbocycles. The molecule has 0 amide bonds. The molecule has 0 bridgehead atoms. The minimum absolute atomic E-state index is 0.102. The number of ether oxygens (including phenoxy) is 1. The van der Waals surface area contributed by atoms with Crippen molar-refractivity contribution in [3.05, 3.63) is 38.7 Å². The molecule has 2 heterocycles. The molecular formula is C11H13NOS2. The van der Waals surface area contributed by atoms with E-state index in [1.165, 1.54) is 4.88 Å². The predicted molar refractivity (Wildman–Crippen MR) is 65.6 cm³/mol. The van der Waals surface area contributed by atoms with Gasteiger partial charge in [0.1, 0.15) is 11.9 Å². The van der Waals surface area contributed by atoms with E-state index < -0.39 is 0 Å². The van der Waals surface area contributed by atoms with E-state index in [0.717, 1.165) is 10.6 Å². The first-order valence-electron chi connectivity index (χ1n) is 4.77. The SMILES string of the molecule is CC(Oc1ccsc1CN)c1cccs1. The van der Waals surface area contributed by atoms with Crippen molar-refractivity contribution in [1.29, 1.82) is 0 Å². The Labute approximate surface area is 97.3 Å². The Morgan fingerprint density at radius 3 is 2.87 bits per heavy atom. The Morgan fingerprint density at radius 2 is 2.20 bits per heavy atom. The van der Waals surface area contributed by atoms with E-state index in [-0.39, 0.29) is 6.10 Å². The van der Waals surface area contributed by atoms with Gasteiger partial charge in [0.2, 0.25) is 0 Å². The van der Waals surface area contributed by atoms with E-state index in [1.54, 1.807) is 22.7 Å². The summed E-state index contributed by atoms with van der Waals surface area (Å²) < 4.78 is 5.86. The second kappa shape index (κ2) is 4.79. The summed E-state index contributed by atoms with van der Waals surface area (Å²) in [7, 11) is 0. The lowest BCUT2D eigenvalue weighted by Crippen LogP contribution is -2.03. The third-order valence-corrected chi connectivity index (χ3v) is 4.10. The van der Waals surface area contributed by atoms with Crippen LogP contribution in [0.5, 0.6) is 5.75 Å². The number of nitrogens with two attached hydrogens (primary N) is 1. The molecule has 2 aromatic rings. The topological polar surface area (TPSA) is 35.2 Å². The van der Waals surface area contributed by atoms with Gasteiger partial charge in [0.25, 0.3) is 0 Å². The fourth-order valence-electron chi connectivity index (χ4n) is 1.35. The highest BCUT2D eigenvalue weighted by Crippen LogP contribution is 2.30. The van der Waals surface area contributed by atoms with E-state index in [9.17, 15) is 0 Å². The van der Waals surface area contributed by atoms with Gasteiger partial charge in [-0.1, -0.05) is 6.07 Å². The molecular weight excluding hydrogens is 226 g/mol. The van der Waals surface area contributed by atoms with Gasteiger partial charge in [-0.05, 0) is 29.8 Å². The van der Waals surface area contributed by atoms with Crippen molar-refractivity contribution in [2.75, 3.05) is 0 Å². The van der Waals surface area contributed by atoms with Crippen LogP contribution >= 0.6 is 22.7 Å². The summed E-state index contributed by atoms with van der Waals surface area (Å²) in [6, 6.07) is 6.11. The summed E-state index contributed by atoms with van der Waals surface area (Å²) in [5, 5.41) is 4.07. The van der Waals surface area contributed by atoms with E-state index in [2.05, 4.69) is 18.4 Å². The molecule has 15 heavy (non-hydrogen) atoms. The Morgan fingerprint density at radius 1 is 1.33 bits per heavy atom. The maximum atomic E-state index is 5.86. The quantitative estimate of drug-likeness (QED) is 0.887. The normalized spacial score (nSPS) is 12.7. The minimum Gasteiger partial charge on any atom is -0.484 e. The fraction of sp³-hybridized carbons (Fsp3) is 0.273. The second-order valence-corrected chi connectivity index (χ2v) is 5.17.